The van der Waals surface area contributed by atoms with Crippen LogP contribution in [0.2, 0.25) is 0 Å². The van der Waals surface area contributed by atoms with Crippen molar-refractivity contribution in [3.8, 4) is 0 Å². The smallest absolute Gasteiger partial charge is 0.222 e. The molecular formula is C12H24N2O2. The standard InChI is InChI=1S/C12H24N2O2/c1-10(2)13-7-3-6-12(16)14-8-4-5-11(14)9-15/h10-11,13,15H,3-9H2,1-2H3/t11-/m0/s1. The normalized spacial score (nSPS) is 20.8. The zero-order chi connectivity index (χ0) is 12.0. The minimum Gasteiger partial charge on any atom is -0.394 e. The van der Waals surface area contributed by atoms with Crippen LogP contribution in [0.3, 0.4) is 0 Å². The highest BCUT2D eigenvalue weighted by Gasteiger charge is 2.27. The SMILES string of the molecule is CC(C)NCCCC(=O)N1CCC[C@H]1CO. The Labute approximate surface area is 98.0 Å². The first-order valence-electron chi connectivity index (χ1n) is 6.29. The Balaban J connectivity index is 2.19. The number of amides is 1. The maximum atomic E-state index is 11.8. The van der Waals surface area contributed by atoms with E-state index in [1.807, 2.05) is 4.90 Å². The van der Waals surface area contributed by atoms with Crippen molar-refractivity contribution in [1.29, 1.82) is 0 Å². The van der Waals surface area contributed by atoms with Crippen LogP contribution in [0.5, 0.6) is 0 Å². The highest BCUT2D eigenvalue weighted by atomic mass is 16.3. The molecule has 16 heavy (non-hydrogen) atoms. The maximum absolute atomic E-state index is 11.8. The van der Waals surface area contributed by atoms with E-state index in [2.05, 4.69) is 19.2 Å². The summed E-state index contributed by atoms with van der Waals surface area (Å²) in [6.07, 6.45) is 3.45. The fourth-order valence-electron chi connectivity index (χ4n) is 2.13. The summed E-state index contributed by atoms with van der Waals surface area (Å²) in [5, 5.41) is 12.4. The summed E-state index contributed by atoms with van der Waals surface area (Å²) in [7, 11) is 0. The van der Waals surface area contributed by atoms with Crippen LogP contribution in [0.4, 0.5) is 0 Å². The molecule has 1 aliphatic heterocycles. The van der Waals surface area contributed by atoms with Crippen LogP contribution in [0, 0.1) is 0 Å². The van der Waals surface area contributed by atoms with Gasteiger partial charge >= 0.3 is 0 Å². The molecule has 1 fully saturated rings. The van der Waals surface area contributed by atoms with Crippen molar-refractivity contribution < 1.29 is 9.90 Å². The lowest BCUT2D eigenvalue weighted by Gasteiger charge is -2.23. The van der Waals surface area contributed by atoms with E-state index in [1.165, 1.54) is 0 Å². The summed E-state index contributed by atoms with van der Waals surface area (Å²) < 4.78 is 0. The lowest BCUT2D eigenvalue weighted by molar-refractivity contribution is -0.132. The molecule has 2 N–H and O–H groups in total. The molecule has 0 aromatic carbocycles. The maximum Gasteiger partial charge on any atom is 0.222 e. The fourth-order valence-corrected chi connectivity index (χ4v) is 2.13. The average Bonchev–Trinajstić information content (AvgIpc) is 2.71. The molecular weight excluding hydrogens is 204 g/mol. The van der Waals surface area contributed by atoms with Gasteiger partial charge in [-0.3, -0.25) is 4.79 Å². The number of likely N-dealkylation sites (tertiary alicyclic amines) is 1. The van der Waals surface area contributed by atoms with Crippen molar-refractivity contribution in [3.63, 3.8) is 0 Å². The zero-order valence-corrected chi connectivity index (χ0v) is 10.4. The minimum atomic E-state index is 0.0746. The summed E-state index contributed by atoms with van der Waals surface area (Å²) in [5.74, 6) is 0.196. The Morgan fingerprint density at radius 2 is 2.31 bits per heavy atom. The number of hydrogen-bond donors (Lipinski definition) is 2. The van der Waals surface area contributed by atoms with Crippen LogP contribution in [0.25, 0.3) is 0 Å². The number of rotatable bonds is 6. The molecule has 4 nitrogen and oxygen atoms in total. The van der Waals surface area contributed by atoms with Crippen LogP contribution < -0.4 is 5.32 Å². The van der Waals surface area contributed by atoms with Gasteiger partial charge in [-0.05, 0) is 25.8 Å². The Kier molecular flexibility index (Phi) is 5.77. The molecule has 0 saturated carbocycles. The fraction of sp³-hybridized carbons (Fsp3) is 0.917. The number of aliphatic hydroxyl groups excluding tert-OH is 1. The Hall–Kier alpha value is -0.610. The monoisotopic (exact) mass is 228 g/mol. The predicted molar refractivity (Wildman–Crippen MR) is 64.2 cm³/mol. The van der Waals surface area contributed by atoms with Gasteiger partial charge in [0.05, 0.1) is 12.6 Å². The lowest BCUT2D eigenvalue weighted by Crippen LogP contribution is -2.37. The number of carbonyl (C=O) groups is 1. The minimum absolute atomic E-state index is 0.0746. The zero-order valence-electron chi connectivity index (χ0n) is 10.4. The van der Waals surface area contributed by atoms with E-state index in [0.717, 1.165) is 32.4 Å². The van der Waals surface area contributed by atoms with Gasteiger partial charge in [0.1, 0.15) is 0 Å². The van der Waals surface area contributed by atoms with E-state index in [-0.39, 0.29) is 18.6 Å². The summed E-state index contributed by atoms with van der Waals surface area (Å²) in [5.41, 5.74) is 0. The first kappa shape index (κ1) is 13.5. The summed E-state index contributed by atoms with van der Waals surface area (Å²) in [6, 6.07) is 0.553. The molecule has 0 unspecified atom stereocenters. The molecule has 0 radical (unpaired) electrons. The van der Waals surface area contributed by atoms with Crippen molar-refractivity contribution >= 4 is 5.91 Å². The van der Waals surface area contributed by atoms with Gasteiger partial charge in [-0.1, -0.05) is 13.8 Å². The number of carbonyl (C=O) groups excluding carboxylic acids is 1. The van der Waals surface area contributed by atoms with E-state index in [4.69, 9.17) is 5.11 Å². The van der Waals surface area contributed by atoms with Crippen LogP contribution >= 0.6 is 0 Å². The number of aliphatic hydroxyl groups is 1. The first-order chi connectivity index (χ1) is 7.65. The van der Waals surface area contributed by atoms with Gasteiger partial charge in [-0.25, -0.2) is 0 Å². The van der Waals surface area contributed by atoms with Gasteiger partial charge in [-0.2, -0.15) is 0 Å². The third-order valence-electron chi connectivity index (χ3n) is 3.03. The van der Waals surface area contributed by atoms with E-state index in [1.54, 1.807) is 0 Å². The van der Waals surface area contributed by atoms with E-state index >= 15 is 0 Å². The van der Waals surface area contributed by atoms with Crippen LogP contribution in [-0.2, 0) is 4.79 Å². The highest BCUT2D eigenvalue weighted by molar-refractivity contribution is 5.76. The van der Waals surface area contributed by atoms with Crippen molar-refractivity contribution in [3.05, 3.63) is 0 Å². The summed E-state index contributed by atoms with van der Waals surface area (Å²) >= 11 is 0. The van der Waals surface area contributed by atoms with Crippen molar-refractivity contribution in [1.82, 2.24) is 10.2 Å². The molecule has 4 heteroatoms. The largest absolute Gasteiger partial charge is 0.394 e. The second-order valence-corrected chi connectivity index (χ2v) is 4.78. The van der Waals surface area contributed by atoms with Crippen LogP contribution in [-0.4, -0.2) is 47.7 Å². The van der Waals surface area contributed by atoms with Gasteiger partial charge in [0.15, 0.2) is 0 Å². The van der Waals surface area contributed by atoms with E-state index < -0.39 is 0 Å². The van der Waals surface area contributed by atoms with Crippen molar-refractivity contribution in [2.75, 3.05) is 19.7 Å². The molecule has 1 aliphatic rings. The highest BCUT2D eigenvalue weighted by Crippen LogP contribution is 2.17. The molecule has 1 heterocycles. The molecule has 0 aromatic rings. The molecule has 0 aliphatic carbocycles. The molecule has 1 amide bonds. The van der Waals surface area contributed by atoms with Crippen LogP contribution in [0.15, 0.2) is 0 Å². The molecule has 0 spiro atoms. The van der Waals surface area contributed by atoms with Gasteiger partial charge in [0, 0.05) is 19.0 Å². The van der Waals surface area contributed by atoms with Gasteiger partial charge in [-0.15, -0.1) is 0 Å². The van der Waals surface area contributed by atoms with Gasteiger partial charge < -0.3 is 15.3 Å². The first-order valence-corrected chi connectivity index (χ1v) is 6.29. The summed E-state index contributed by atoms with van der Waals surface area (Å²) in [4.78, 5) is 13.7. The van der Waals surface area contributed by atoms with Crippen molar-refractivity contribution in [2.45, 2.75) is 51.6 Å². The predicted octanol–water partition coefficient (Wildman–Crippen LogP) is 0.748. The number of hydrogen-bond acceptors (Lipinski definition) is 3. The molecule has 1 saturated heterocycles. The average molecular weight is 228 g/mol. The third kappa shape index (κ3) is 4.10. The lowest BCUT2D eigenvalue weighted by atomic mass is 10.2. The Morgan fingerprint density at radius 1 is 1.56 bits per heavy atom. The third-order valence-corrected chi connectivity index (χ3v) is 3.03. The second-order valence-electron chi connectivity index (χ2n) is 4.78. The second kappa shape index (κ2) is 6.86. The van der Waals surface area contributed by atoms with Crippen LogP contribution in [0.1, 0.15) is 39.5 Å². The molecule has 1 rings (SSSR count). The Morgan fingerprint density at radius 3 is 2.94 bits per heavy atom. The van der Waals surface area contributed by atoms with Gasteiger partial charge in [0.25, 0.3) is 0 Å². The molecule has 0 bridgehead atoms. The van der Waals surface area contributed by atoms with Gasteiger partial charge in [0.2, 0.25) is 5.91 Å². The number of nitrogens with zero attached hydrogens (tertiary/aromatic N) is 1. The number of nitrogens with one attached hydrogen (secondary N) is 1. The molecule has 1 atom stereocenters. The van der Waals surface area contributed by atoms with E-state index in [9.17, 15) is 4.79 Å². The Bertz CT molecular complexity index is 219. The summed E-state index contributed by atoms with van der Waals surface area (Å²) in [6.45, 7) is 6.02. The van der Waals surface area contributed by atoms with Crippen molar-refractivity contribution in [2.24, 2.45) is 0 Å². The molecule has 0 aromatic heterocycles. The molecule has 94 valence electrons. The van der Waals surface area contributed by atoms with E-state index in [0.29, 0.717) is 12.5 Å². The quantitative estimate of drug-likeness (QED) is 0.660. The topological polar surface area (TPSA) is 52.6 Å².